The molecule has 2 aromatic heterocycles. The first-order valence-corrected chi connectivity index (χ1v) is 8.25. The highest BCUT2D eigenvalue weighted by Crippen LogP contribution is 2.22. The Bertz CT molecular complexity index is 542. The highest BCUT2D eigenvalue weighted by Gasteiger charge is 2.13. The third-order valence-corrected chi connectivity index (χ3v) is 4.12. The Balaban J connectivity index is 2.18. The van der Waals surface area contributed by atoms with Crippen molar-refractivity contribution in [2.75, 3.05) is 18.0 Å². The summed E-state index contributed by atoms with van der Waals surface area (Å²) in [6.07, 6.45) is 2.36. The zero-order valence-electron chi connectivity index (χ0n) is 12.6. The third-order valence-electron chi connectivity index (χ3n) is 3.26. The molecule has 2 aromatic rings. The maximum Gasteiger partial charge on any atom is 0.141 e. The first kappa shape index (κ1) is 15.9. The monoisotopic (exact) mass is 307 g/mol. The van der Waals surface area contributed by atoms with E-state index in [1.165, 1.54) is 11.1 Å². The number of hydrogen-bond donors (Lipinski definition) is 1. The molecule has 0 spiro atoms. The van der Waals surface area contributed by atoms with Gasteiger partial charge in [0.25, 0.3) is 0 Å². The van der Waals surface area contributed by atoms with E-state index in [4.69, 9.17) is 0 Å². The summed E-state index contributed by atoms with van der Waals surface area (Å²) in [6, 6.07) is 5.75. The Labute approximate surface area is 129 Å². The van der Waals surface area contributed by atoms with Crippen molar-refractivity contribution in [3.63, 3.8) is 0 Å². The normalized spacial score (nSPS) is 10.8. The molecule has 0 aliphatic heterocycles. The summed E-state index contributed by atoms with van der Waals surface area (Å²) in [7, 11) is 0. The van der Waals surface area contributed by atoms with E-state index in [-0.39, 0.29) is 5.82 Å². The van der Waals surface area contributed by atoms with Gasteiger partial charge < -0.3 is 10.2 Å². The minimum absolute atomic E-state index is 0.278. The van der Waals surface area contributed by atoms with Crippen molar-refractivity contribution in [1.82, 2.24) is 10.3 Å². The lowest BCUT2D eigenvalue weighted by Gasteiger charge is -2.24. The van der Waals surface area contributed by atoms with E-state index in [9.17, 15) is 4.39 Å². The Morgan fingerprint density at radius 3 is 2.90 bits per heavy atom. The minimum atomic E-state index is -0.278. The maximum absolute atomic E-state index is 13.5. The molecule has 3 nitrogen and oxygen atoms in total. The van der Waals surface area contributed by atoms with Gasteiger partial charge in [0, 0.05) is 23.5 Å². The van der Waals surface area contributed by atoms with Crippen LogP contribution in [0.3, 0.4) is 0 Å². The summed E-state index contributed by atoms with van der Waals surface area (Å²) in [4.78, 5) is 7.80. The van der Waals surface area contributed by atoms with Crippen molar-refractivity contribution < 1.29 is 4.39 Å². The molecule has 2 rings (SSSR count). The molecule has 0 saturated carbocycles. The Morgan fingerprint density at radius 1 is 1.38 bits per heavy atom. The lowest BCUT2D eigenvalue weighted by atomic mass is 10.2. The number of pyridine rings is 1. The summed E-state index contributed by atoms with van der Waals surface area (Å²) in [5, 5.41) is 5.40. The van der Waals surface area contributed by atoms with Crippen LogP contribution in [0, 0.1) is 5.82 Å². The predicted molar refractivity (Wildman–Crippen MR) is 87.2 cm³/mol. The number of halogens is 1. The highest BCUT2D eigenvalue weighted by molar-refractivity contribution is 7.09. The molecule has 0 saturated heterocycles. The molecular formula is C16H22FN3S. The first-order valence-electron chi connectivity index (χ1n) is 7.37. The van der Waals surface area contributed by atoms with Crippen LogP contribution < -0.4 is 10.2 Å². The van der Waals surface area contributed by atoms with Crippen LogP contribution in [0.25, 0.3) is 0 Å². The van der Waals surface area contributed by atoms with Gasteiger partial charge in [0.2, 0.25) is 0 Å². The van der Waals surface area contributed by atoms with Crippen molar-refractivity contribution in [2.24, 2.45) is 0 Å². The number of thiophene rings is 1. The van der Waals surface area contributed by atoms with Crippen LogP contribution >= 0.6 is 11.3 Å². The smallest absolute Gasteiger partial charge is 0.141 e. The molecule has 0 atom stereocenters. The van der Waals surface area contributed by atoms with Crippen molar-refractivity contribution in [1.29, 1.82) is 0 Å². The molecule has 0 fully saturated rings. The summed E-state index contributed by atoms with van der Waals surface area (Å²) < 4.78 is 13.5. The minimum Gasteiger partial charge on any atom is -0.351 e. The average Bonchev–Trinajstić information content (AvgIpc) is 2.99. The van der Waals surface area contributed by atoms with Crippen molar-refractivity contribution in [3.8, 4) is 0 Å². The van der Waals surface area contributed by atoms with Crippen LogP contribution in [-0.4, -0.2) is 18.1 Å². The van der Waals surface area contributed by atoms with Crippen molar-refractivity contribution in [3.05, 3.63) is 46.0 Å². The fourth-order valence-corrected chi connectivity index (χ4v) is 2.94. The number of anilines is 1. The van der Waals surface area contributed by atoms with Gasteiger partial charge in [-0.2, -0.15) is 0 Å². The molecule has 0 aliphatic rings. The average molecular weight is 307 g/mol. The van der Waals surface area contributed by atoms with Gasteiger partial charge in [0.15, 0.2) is 0 Å². The van der Waals surface area contributed by atoms with Crippen molar-refractivity contribution >= 4 is 17.2 Å². The Kier molecular flexibility index (Phi) is 6.14. The topological polar surface area (TPSA) is 28.2 Å². The maximum atomic E-state index is 13.5. The van der Waals surface area contributed by atoms with Crippen LogP contribution in [0.4, 0.5) is 10.2 Å². The zero-order chi connectivity index (χ0) is 15.1. The van der Waals surface area contributed by atoms with Gasteiger partial charge >= 0.3 is 0 Å². The summed E-state index contributed by atoms with van der Waals surface area (Å²) in [5.41, 5.74) is 0.918. The second kappa shape index (κ2) is 8.10. The van der Waals surface area contributed by atoms with Gasteiger partial charge in [-0.25, -0.2) is 9.37 Å². The SMILES string of the molecule is CCCNCc1cc(F)cnc1N(CC)Cc1cccs1. The molecule has 0 radical (unpaired) electrons. The van der Waals surface area contributed by atoms with E-state index >= 15 is 0 Å². The summed E-state index contributed by atoms with van der Waals surface area (Å²) in [5.74, 6) is 0.593. The molecule has 1 N–H and O–H groups in total. The van der Waals surface area contributed by atoms with Crippen molar-refractivity contribution in [2.45, 2.75) is 33.4 Å². The van der Waals surface area contributed by atoms with Gasteiger partial charge in [0.05, 0.1) is 12.7 Å². The molecule has 0 aliphatic carbocycles. The van der Waals surface area contributed by atoms with E-state index in [1.807, 2.05) is 0 Å². The van der Waals surface area contributed by atoms with Gasteiger partial charge in [-0.15, -0.1) is 11.3 Å². The molecule has 5 heteroatoms. The third kappa shape index (κ3) is 4.51. The molecule has 0 amide bonds. The highest BCUT2D eigenvalue weighted by atomic mass is 32.1. The Hall–Kier alpha value is -1.46. The number of nitrogens with one attached hydrogen (secondary N) is 1. The fourth-order valence-electron chi connectivity index (χ4n) is 2.22. The quantitative estimate of drug-likeness (QED) is 0.752. The standard InChI is InChI=1S/C16H22FN3S/c1-3-7-18-10-13-9-14(17)11-19-16(13)20(4-2)12-15-6-5-8-21-15/h5-6,8-9,11,18H,3-4,7,10,12H2,1-2H3. The van der Waals surface area contributed by atoms with Gasteiger partial charge in [0.1, 0.15) is 11.6 Å². The molecule has 2 heterocycles. The molecular weight excluding hydrogens is 285 g/mol. The molecule has 0 aromatic carbocycles. The van der Waals surface area contributed by atoms with E-state index in [2.05, 4.69) is 46.6 Å². The molecule has 0 bridgehead atoms. The largest absolute Gasteiger partial charge is 0.351 e. The van der Waals surface area contributed by atoms with E-state index < -0.39 is 0 Å². The second-order valence-electron chi connectivity index (χ2n) is 4.91. The van der Waals surface area contributed by atoms with Crippen LogP contribution in [0.5, 0.6) is 0 Å². The van der Waals surface area contributed by atoms with Gasteiger partial charge in [-0.05, 0) is 37.4 Å². The van der Waals surface area contributed by atoms with Gasteiger partial charge in [-0.3, -0.25) is 0 Å². The molecule has 114 valence electrons. The molecule has 21 heavy (non-hydrogen) atoms. The Morgan fingerprint density at radius 2 is 2.24 bits per heavy atom. The number of rotatable bonds is 8. The van der Waals surface area contributed by atoms with Crippen LogP contribution in [-0.2, 0) is 13.1 Å². The number of aromatic nitrogens is 1. The lowest BCUT2D eigenvalue weighted by molar-refractivity contribution is 0.609. The van der Waals surface area contributed by atoms with Gasteiger partial charge in [-0.1, -0.05) is 13.0 Å². The number of hydrogen-bond acceptors (Lipinski definition) is 4. The lowest BCUT2D eigenvalue weighted by Crippen LogP contribution is -2.25. The molecule has 0 unspecified atom stereocenters. The number of nitrogens with zero attached hydrogens (tertiary/aromatic N) is 2. The predicted octanol–water partition coefficient (Wildman–Crippen LogP) is 3.81. The van der Waals surface area contributed by atoms with E-state index in [0.29, 0.717) is 6.54 Å². The summed E-state index contributed by atoms with van der Waals surface area (Å²) >= 11 is 1.73. The van der Waals surface area contributed by atoms with Crippen LogP contribution in [0.15, 0.2) is 29.8 Å². The fraction of sp³-hybridized carbons (Fsp3) is 0.438. The van der Waals surface area contributed by atoms with Crippen LogP contribution in [0.2, 0.25) is 0 Å². The first-order chi connectivity index (χ1) is 10.2. The second-order valence-corrected chi connectivity index (χ2v) is 5.94. The van der Waals surface area contributed by atoms with Crippen LogP contribution in [0.1, 0.15) is 30.7 Å². The summed E-state index contributed by atoms with van der Waals surface area (Å²) in [6.45, 7) is 7.45. The van der Waals surface area contributed by atoms with E-state index in [1.54, 1.807) is 17.4 Å². The zero-order valence-corrected chi connectivity index (χ0v) is 13.4. The van der Waals surface area contributed by atoms with E-state index in [0.717, 1.165) is 37.4 Å².